The minimum atomic E-state index is -4.64. The van der Waals surface area contributed by atoms with E-state index in [-0.39, 0.29) is 30.1 Å². The number of aromatic amines is 1. The molecule has 0 aliphatic carbocycles. The molecule has 0 spiro atoms. The number of aromatic nitrogens is 3. The quantitative estimate of drug-likeness (QED) is 0.480. The van der Waals surface area contributed by atoms with Crippen LogP contribution in [-0.4, -0.2) is 34.4 Å². The van der Waals surface area contributed by atoms with Crippen LogP contribution in [0.2, 0.25) is 0 Å². The summed E-state index contributed by atoms with van der Waals surface area (Å²) < 4.78 is 65.4. The number of nitrogens with zero attached hydrogens (tertiary/aromatic N) is 3. The molecule has 0 unspecified atom stereocenters. The lowest BCUT2D eigenvalue weighted by atomic mass is 10.2. The van der Waals surface area contributed by atoms with Crippen LogP contribution in [0.1, 0.15) is 19.5 Å². The summed E-state index contributed by atoms with van der Waals surface area (Å²) >= 11 is 0. The van der Waals surface area contributed by atoms with E-state index in [1.807, 2.05) is 0 Å². The number of nitrogens with one attached hydrogen (secondary N) is 2. The molecular formula is C18H17F4N5O2. The van der Waals surface area contributed by atoms with Crippen LogP contribution in [-0.2, 0) is 15.7 Å². The van der Waals surface area contributed by atoms with Crippen molar-refractivity contribution in [2.45, 2.75) is 26.1 Å². The molecule has 1 aliphatic rings. The Labute approximate surface area is 162 Å². The molecule has 0 amide bonds. The first-order chi connectivity index (χ1) is 13.8. The first-order valence-corrected chi connectivity index (χ1v) is 8.87. The Hall–Kier alpha value is -2.92. The minimum Gasteiger partial charge on any atom is -0.315 e. The first kappa shape index (κ1) is 19.4. The van der Waals surface area contributed by atoms with Crippen LogP contribution in [0, 0.1) is 5.95 Å². The molecule has 0 fully saturated rings. The van der Waals surface area contributed by atoms with Gasteiger partial charge in [-0.05, 0) is 44.2 Å². The van der Waals surface area contributed by atoms with Crippen LogP contribution < -0.4 is 10.2 Å². The Kier molecular flexibility index (Phi) is 4.58. The van der Waals surface area contributed by atoms with Gasteiger partial charge in [0.2, 0.25) is 5.95 Å². The third-order valence-electron chi connectivity index (χ3n) is 4.40. The zero-order chi connectivity index (χ0) is 20.8. The van der Waals surface area contributed by atoms with Crippen LogP contribution in [0.5, 0.6) is 0 Å². The normalized spacial score (nSPS) is 15.6. The highest BCUT2D eigenvalue weighted by Gasteiger charge is 2.49. The molecule has 4 rings (SSSR count). The lowest BCUT2D eigenvalue weighted by molar-refractivity contribution is -0.204. The summed E-state index contributed by atoms with van der Waals surface area (Å²) in [4.78, 5) is 5.14. The Morgan fingerprint density at radius 1 is 1.10 bits per heavy atom. The summed E-state index contributed by atoms with van der Waals surface area (Å²) in [6.07, 6.45) is -4.64. The van der Waals surface area contributed by atoms with E-state index in [1.54, 1.807) is 26.0 Å². The number of fused-ring (bicyclic) bond motifs is 2. The summed E-state index contributed by atoms with van der Waals surface area (Å²) in [5, 5.41) is 9.19. The fraction of sp³-hybridized carbons (Fsp3) is 0.333. The van der Waals surface area contributed by atoms with Gasteiger partial charge in [0.1, 0.15) is 5.69 Å². The third kappa shape index (κ3) is 3.15. The van der Waals surface area contributed by atoms with Gasteiger partial charge in [-0.1, -0.05) is 0 Å². The Morgan fingerprint density at radius 2 is 1.83 bits per heavy atom. The van der Waals surface area contributed by atoms with Gasteiger partial charge < -0.3 is 14.8 Å². The molecular weight excluding hydrogens is 394 g/mol. The van der Waals surface area contributed by atoms with Crippen molar-refractivity contribution in [1.29, 1.82) is 0 Å². The summed E-state index contributed by atoms with van der Waals surface area (Å²) in [7, 11) is 0. The van der Waals surface area contributed by atoms with Gasteiger partial charge in [0, 0.05) is 0 Å². The fourth-order valence-corrected chi connectivity index (χ4v) is 3.28. The van der Waals surface area contributed by atoms with E-state index in [0.717, 1.165) is 6.07 Å². The molecule has 154 valence electrons. The third-order valence-corrected chi connectivity index (χ3v) is 4.40. The van der Waals surface area contributed by atoms with E-state index in [2.05, 4.69) is 20.5 Å². The molecule has 7 nitrogen and oxygen atoms in total. The Morgan fingerprint density at radius 3 is 2.48 bits per heavy atom. The van der Waals surface area contributed by atoms with Crippen LogP contribution in [0.4, 0.5) is 34.8 Å². The molecule has 0 saturated carbocycles. The van der Waals surface area contributed by atoms with Gasteiger partial charge in [0.25, 0.3) is 0 Å². The van der Waals surface area contributed by atoms with Gasteiger partial charge in [-0.25, -0.2) is 4.98 Å². The van der Waals surface area contributed by atoms with Crippen LogP contribution in [0.15, 0.2) is 30.3 Å². The second-order valence-corrected chi connectivity index (χ2v) is 6.22. The monoisotopic (exact) mass is 411 g/mol. The standard InChI is InChI=1S/C18H17F4N5O2/c1-3-28-18(29-4-2)24-13-7-8-14(17(20,21)22)23-16(13)27(18)10-5-6-12-11(9-10)15(19)26-25-12/h5-9,24H,3-4H2,1-2H3,(H,25,26). The van der Waals surface area contributed by atoms with E-state index in [1.165, 1.54) is 17.0 Å². The van der Waals surface area contributed by atoms with E-state index in [9.17, 15) is 17.6 Å². The highest BCUT2D eigenvalue weighted by atomic mass is 19.4. The number of hydrogen-bond acceptors (Lipinski definition) is 6. The smallest absolute Gasteiger partial charge is 0.315 e. The molecule has 2 aromatic heterocycles. The summed E-state index contributed by atoms with van der Waals surface area (Å²) in [5.74, 6) is -0.783. The Bertz CT molecular complexity index is 1050. The number of halogens is 4. The highest BCUT2D eigenvalue weighted by molar-refractivity contribution is 5.87. The molecule has 29 heavy (non-hydrogen) atoms. The van der Waals surface area contributed by atoms with Crippen molar-refractivity contribution in [1.82, 2.24) is 15.2 Å². The molecule has 0 radical (unpaired) electrons. The second-order valence-electron chi connectivity index (χ2n) is 6.22. The van der Waals surface area contributed by atoms with Gasteiger partial charge in [-0.2, -0.15) is 17.6 Å². The zero-order valence-corrected chi connectivity index (χ0v) is 15.5. The number of hydrogen-bond donors (Lipinski definition) is 2. The van der Waals surface area contributed by atoms with E-state index < -0.39 is 23.9 Å². The molecule has 1 aromatic carbocycles. The van der Waals surface area contributed by atoms with Crippen LogP contribution in [0.25, 0.3) is 10.9 Å². The zero-order valence-electron chi connectivity index (χ0n) is 15.5. The van der Waals surface area contributed by atoms with Gasteiger partial charge in [-0.3, -0.25) is 10.00 Å². The number of alkyl halides is 3. The lowest BCUT2D eigenvalue weighted by Gasteiger charge is -2.37. The van der Waals surface area contributed by atoms with E-state index in [0.29, 0.717) is 11.2 Å². The summed E-state index contributed by atoms with van der Waals surface area (Å²) in [5.41, 5.74) is -0.0260. The van der Waals surface area contributed by atoms with E-state index >= 15 is 0 Å². The largest absolute Gasteiger partial charge is 0.433 e. The first-order valence-electron chi connectivity index (χ1n) is 8.87. The second kappa shape index (κ2) is 6.85. The molecule has 0 atom stereocenters. The highest BCUT2D eigenvalue weighted by Crippen LogP contribution is 2.46. The number of pyridine rings is 1. The number of anilines is 3. The molecule has 0 bridgehead atoms. The average molecular weight is 411 g/mol. The summed E-state index contributed by atoms with van der Waals surface area (Å²) in [6.45, 7) is 3.81. The average Bonchev–Trinajstić information content (AvgIpc) is 3.18. The van der Waals surface area contributed by atoms with Gasteiger partial charge in [0.05, 0.1) is 35.5 Å². The van der Waals surface area contributed by atoms with Crippen molar-refractivity contribution in [2.75, 3.05) is 23.4 Å². The van der Waals surface area contributed by atoms with Crippen molar-refractivity contribution < 1.29 is 27.0 Å². The summed E-state index contributed by atoms with van der Waals surface area (Å²) in [6, 6.07) is 5.09. The number of benzene rings is 1. The fourth-order valence-electron chi connectivity index (χ4n) is 3.28. The molecule has 1 aliphatic heterocycles. The van der Waals surface area contributed by atoms with Crippen molar-refractivity contribution in [3.05, 3.63) is 42.0 Å². The maximum Gasteiger partial charge on any atom is 0.433 e. The molecule has 2 N–H and O–H groups in total. The lowest BCUT2D eigenvalue weighted by Crippen LogP contribution is -2.53. The van der Waals surface area contributed by atoms with Gasteiger partial charge >= 0.3 is 12.2 Å². The number of H-pyrrole nitrogens is 1. The van der Waals surface area contributed by atoms with Crippen LogP contribution in [0.3, 0.4) is 0 Å². The molecule has 0 saturated heterocycles. The Balaban J connectivity index is 1.93. The predicted octanol–water partition coefficient (Wildman–Crippen LogP) is 4.36. The van der Waals surface area contributed by atoms with Gasteiger partial charge in [0.15, 0.2) is 5.82 Å². The van der Waals surface area contributed by atoms with E-state index in [4.69, 9.17) is 9.47 Å². The maximum absolute atomic E-state index is 14.0. The molecule has 3 aromatic rings. The van der Waals surface area contributed by atoms with Gasteiger partial charge in [-0.15, -0.1) is 5.10 Å². The number of rotatable bonds is 5. The van der Waals surface area contributed by atoms with Crippen LogP contribution >= 0.6 is 0 Å². The van der Waals surface area contributed by atoms with Crippen molar-refractivity contribution >= 4 is 28.1 Å². The molecule has 11 heteroatoms. The maximum atomic E-state index is 14.0. The van der Waals surface area contributed by atoms with Crippen molar-refractivity contribution in [3.8, 4) is 0 Å². The molecule has 3 heterocycles. The topological polar surface area (TPSA) is 75.3 Å². The number of ether oxygens (including phenoxy) is 2. The minimum absolute atomic E-state index is 0.0509. The van der Waals surface area contributed by atoms with Crippen molar-refractivity contribution in [2.24, 2.45) is 0 Å². The van der Waals surface area contributed by atoms with Crippen molar-refractivity contribution in [3.63, 3.8) is 0 Å². The SMILES string of the molecule is CCOC1(OCC)Nc2ccc(C(F)(F)F)nc2N1c1ccc2[nH]nc(F)c2c1. The predicted molar refractivity (Wildman–Crippen MR) is 97.0 cm³/mol.